The number of rotatable bonds is 5. The largest absolute Gasteiger partial charge is 0.353 e. The van der Waals surface area contributed by atoms with Crippen molar-refractivity contribution in [3.63, 3.8) is 0 Å². The predicted molar refractivity (Wildman–Crippen MR) is 108 cm³/mol. The second-order valence-corrected chi connectivity index (χ2v) is 8.74. The number of aliphatic imine (C=N–C) groups is 1. The molecule has 0 aromatic carbocycles. The van der Waals surface area contributed by atoms with E-state index in [2.05, 4.69) is 32.6 Å². The minimum absolute atomic E-state index is 0.0174. The molecule has 4 unspecified atom stereocenters. The second kappa shape index (κ2) is 8.09. The number of nitrogens with zero attached hydrogens (tertiary/aromatic N) is 5. The number of hydrogen-bond donors (Lipinski definition) is 2. The molecule has 1 amide bonds. The molecule has 28 heavy (non-hydrogen) atoms. The summed E-state index contributed by atoms with van der Waals surface area (Å²) in [4.78, 5) is 22.9. The summed E-state index contributed by atoms with van der Waals surface area (Å²) >= 11 is 0. The molecule has 0 spiro atoms. The summed E-state index contributed by atoms with van der Waals surface area (Å²) < 4.78 is 2.03. The van der Waals surface area contributed by atoms with Gasteiger partial charge in [0.15, 0.2) is 11.8 Å². The molecule has 0 radical (unpaired) electrons. The van der Waals surface area contributed by atoms with E-state index in [9.17, 15) is 4.79 Å². The highest BCUT2D eigenvalue weighted by molar-refractivity contribution is 5.85. The van der Waals surface area contributed by atoms with E-state index < -0.39 is 0 Å². The van der Waals surface area contributed by atoms with Crippen LogP contribution in [0.3, 0.4) is 0 Å². The molecule has 2 saturated carbocycles. The lowest BCUT2D eigenvalue weighted by atomic mass is 9.95. The van der Waals surface area contributed by atoms with Crippen molar-refractivity contribution in [2.24, 2.45) is 16.8 Å². The van der Waals surface area contributed by atoms with Crippen LogP contribution in [0, 0.1) is 11.8 Å². The summed E-state index contributed by atoms with van der Waals surface area (Å²) in [6.45, 7) is 3.05. The molecule has 2 bridgehead atoms. The van der Waals surface area contributed by atoms with E-state index in [0.29, 0.717) is 6.04 Å². The van der Waals surface area contributed by atoms with Crippen molar-refractivity contribution < 1.29 is 4.79 Å². The normalized spacial score (nSPS) is 28.9. The maximum atomic E-state index is 12.0. The average molecular weight is 388 g/mol. The maximum absolute atomic E-state index is 12.0. The van der Waals surface area contributed by atoms with Gasteiger partial charge in [-0.05, 0) is 37.5 Å². The number of likely N-dealkylation sites (N-methyl/N-ethyl adjacent to an activating group) is 1. The molecule has 4 rings (SSSR count). The average Bonchev–Trinajstić information content (AvgIpc) is 3.40. The second-order valence-electron chi connectivity index (χ2n) is 8.74. The van der Waals surface area contributed by atoms with Crippen LogP contribution in [0.2, 0.25) is 0 Å². The Morgan fingerprint density at radius 1 is 1.25 bits per heavy atom. The van der Waals surface area contributed by atoms with Crippen molar-refractivity contribution in [1.29, 1.82) is 0 Å². The fourth-order valence-electron chi connectivity index (χ4n) is 4.84. The highest BCUT2D eigenvalue weighted by Gasteiger charge is 2.40. The van der Waals surface area contributed by atoms with Crippen molar-refractivity contribution in [3.05, 3.63) is 11.6 Å². The van der Waals surface area contributed by atoms with E-state index in [1.54, 1.807) is 19.0 Å². The first kappa shape index (κ1) is 19.2. The zero-order valence-corrected chi connectivity index (χ0v) is 17.3. The van der Waals surface area contributed by atoms with Gasteiger partial charge in [-0.25, -0.2) is 14.7 Å². The van der Waals surface area contributed by atoms with Gasteiger partial charge in [0.05, 0.1) is 6.54 Å². The van der Waals surface area contributed by atoms with E-state index in [0.717, 1.165) is 55.3 Å². The Balaban J connectivity index is 1.42. The van der Waals surface area contributed by atoms with Gasteiger partial charge in [-0.3, -0.25) is 4.79 Å². The van der Waals surface area contributed by atoms with Crippen molar-refractivity contribution >= 4 is 11.9 Å². The lowest BCUT2D eigenvalue weighted by molar-refractivity contribution is -0.127. The zero-order valence-electron chi connectivity index (χ0n) is 17.3. The number of guanidine groups is 1. The summed E-state index contributed by atoms with van der Waals surface area (Å²) in [5, 5.41) is 11.8. The summed E-state index contributed by atoms with van der Waals surface area (Å²) in [6, 6.07) is 0.731. The lowest BCUT2D eigenvalue weighted by Gasteiger charge is -2.29. The molecule has 1 aromatic heterocycles. The fraction of sp³-hybridized carbons (Fsp3) is 0.800. The van der Waals surface area contributed by atoms with Gasteiger partial charge in [-0.2, -0.15) is 5.10 Å². The molecule has 0 saturated heterocycles. The van der Waals surface area contributed by atoms with Crippen LogP contribution >= 0.6 is 0 Å². The van der Waals surface area contributed by atoms with E-state index in [1.807, 2.05) is 4.68 Å². The van der Waals surface area contributed by atoms with Gasteiger partial charge in [-0.1, -0.05) is 13.3 Å². The van der Waals surface area contributed by atoms with Crippen LogP contribution in [-0.4, -0.2) is 64.3 Å². The molecular weight excluding hydrogens is 354 g/mol. The van der Waals surface area contributed by atoms with Crippen molar-refractivity contribution in [1.82, 2.24) is 30.3 Å². The highest BCUT2D eigenvalue weighted by atomic mass is 16.2. The molecule has 8 heteroatoms. The summed E-state index contributed by atoms with van der Waals surface area (Å²) in [5.41, 5.74) is 0. The fourth-order valence-corrected chi connectivity index (χ4v) is 4.84. The van der Waals surface area contributed by atoms with Crippen LogP contribution in [0.1, 0.15) is 50.7 Å². The third-order valence-corrected chi connectivity index (χ3v) is 6.49. The first-order valence-electron chi connectivity index (χ1n) is 10.7. The highest BCUT2D eigenvalue weighted by Crippen LogP contribution is 2.44. The van der Waals surface area contributed by atoms with E-state index in [4.69, 9.17) is 0 Å². The van der Waals surface area contributed by atoms with Gasteiger partial charge in [0.25, 0.3) is 0 Å². The summed E-state index contributed by atoms with van der Waals surface area (Å²) in [5.74, 6) is 4.41. The van der Waals surface area contributed by atoms with Gasteiger partial charge in [0.2, 0.25) is 5.91 Å². The first-order valence-corrected chi connectivity index (χ1v) is 10.7. The SMILES string of the molecule is CCc1nc2n(n1)CC(NC(=NCC(=O)N(C)C)NC1CC3CCC1C3)CC2. The minimum atomic E-state index is 0.0174. The summed E-state index contributed by atoms with van der Waals surface area (Å²) in [7, 11) is 3.54. The van der Waals surface area contributed by atoms with Gasteiger partial charge in [0, 0.05) is 39.0 Å². The number of nitrogens with one attached hydrogen (secondary N) is 2. The number of aromatic nitrogens is 3. The topological polar surface area (TPSA) is 87.4 Å². The number of aryl methyl sites for hydroxylation is 2. The van der Waals surface area contributed by atoms with Crippen LogP contribution in [0.4, 0.5) is 0 Å². The van der Waals surface area contributed by atoms with Crippen LogP contribution < -0.4 is 10.6 Å². The molecule has 2 heterocycles. The van der Waals surface area contributed by atoms with Gasteiger partial charge in [0.1, 0.15) is 12.4 Å². The monoisotopic (exact) mass is 387 g/mol. The number of amides is 1. The molecular formula is C20H33N7O. The van der Waals surface area contributed by atoms with Crippen molar-refractivity contribution in [2.45, 2.75) is 70.5 Å². The van der Waals surface area contributed by atoms with E-state index >= 15 is 0 Å². The molecule has 1 aliphatic heterocycles. The number of carbonyl (C=O) groups excluding carboxylic acids is 1. The van der Waals surface area contributed by atoms with Gasteiger partial charge >= 0.3 is 0 Å². The van der Waals surface area contributed by atoms with Gasteiger partial charge in [-0.15, -0.1) is 0 Å². The summed E-state index contributed by atoms with van der Waals surface area (Å²) in [6.07, 6.45) is 8.04. The molecule has 2 N–H and O–H groups in total. The standard InChI is InChI=1S/C20H33N7O/c1-4-17-24-18-8-7-15(12-27(18)25-17)22-20(21-11-19(28)26(2)3)23-16-10-13-5-6-14(16)9-13/h13-16H,4-12H2,1-3H3,(H2,21,22,23). The third kappa shape index (κ3) is 4.15. The van der Waals surface area contributed by atoms with Crippen molar-refractivity contribution in [2.75, 3.05) is 20.6 Å². The number of fused-ring (bicyclic) bond motifs is 3. The van der Waals surface area contributed by atoms with Crippen LogP contribution in [-0.2, 0) is 24.2 Å². The predicted octanol–water partition coefficient (Wildman–Crippen LogP) is 0.967. The Hall–Kier alpha value is -2.12. The molecule has 4 atom stereocenters. The Labute approximate surface area is 167 Å². The number of carbonyl (C=O) groups is 1. The van der Waals surface area contributed by atoms with Crippen molar-refractivity contribution in [3.8, 4) is 0 Å². The zero-order chi connectivity index (χ0) is 19.7. The maximum Gasteiger partial charge on any atom is 0.243 e. The quantitative estimate of drug-likeness (QED) is 0.581. The Morgan fingerprint density at radius 2 is 2.11 bits per heavy atom. The van der Waals surface area contributed by atoms with E-state index in [-0.39, 0.29) is 18.5 Å². The van der Waals surface area contributed by atoms with Crippen LogP contribution in [0.25, 0.3) is 0 Å². The minimum Gasteiger partial charge on any atom is -0.353 e. The molecule has 2 aliphatic carbocycles. The lowest BCUT2D eigenvalue weighted by Crippen LogP contribution is -2.51. The number of hydrogen-bond acceptors (Lipinski definition) is 4. The van der Waals surface area contributed by atoms with E-state index in [1.165, 1.54) is 25.7 Å². The molecule has 1 aromatic rings. The first-order chi connectivity index (χ1) is 13.5. The molecule has 3 aliphatic rings. The Kier molecular flexibility index (Phi) is 5.55. The Morgan fingerprint density at radius 3 is 2.79 bits per heavy atom. The molecule has 154 valence electrons. The smallest absolute Gasteiger partial charge is 0.243 e. The van der Waals surface area contributed by atoms with Gasteiger partial charge < -0.3 is 15.5 Å². The molecule has 8 nitrogen and oxygen atoms in total. The van der Waals surface area contributed by atoms with Crippen LogP contribution in [0.15, 0.2) is 4.99 Å². The molecule has 2 fully saturated rings. The third-order valence-electron chi connectivity index (χ3n) is 6.49. The Bertz CT molecular complexity index is 741. The van der Waals surface area contributed by atoms with Crippen LogP contribution in [0.5, 0.6) is 0 Å².